The van der Waals surface area contributed by atoms with E-state index in [0.29, 0.717) is 19.0 Å². The van der Waals surface area contributed by atoms with E-state index < -0.39 is 0 Å². The van der Waals surface area contributed by atoms with Crippen LogP contribution < -0.4 is 4.90 Å². The molecule has 4 rings (SSSR count). The molecule has 0 aliphatic carbocycles. The maximum atomic E-state index is 13.2. The van der Waals surface area contributed by atoms with Gasteiger partial charge in [0.05, 0.1) is 19.3 Å². The number of hydrogen-bond acceptors (Lipinski definition) is 5. The highest BCUT2D eigenvalue weighted by Crippen LogP contribution is 2.25. The third kappa shape index (κ3) is 2.94. The fourth-order valence-corrected chi connectivity index (χ4v) is 3.19. The van der Waals surface area contributed by atoms with Crippen LogP contribution >= 0.6 is 0 Å². The summed E-state index contributed by atoms with van der Waals surface area (Å²) < 4.78 is 20.8. The Morgan fingerprint density at radius 2 is 2.21 bits per heavy atom. The minimum atomic E-state index is -0.232. The zero-order valence-corrected chi connectivity index (χ0v) is 13.2. The van der Waals surface area contributed by atoms with Crippen molar-refractivity contribution >= 4 is 11.6 Å². The van der Waals surface area contributed by atoms with Crippen LogP contribution in [-0.4, -0.2) is 38.8 Å². The molecule has 1 fully saturated rings. The van der Waals surface area contributed by atoms with Gasteiger partial charge in [-0.05, 0) is 36.6 Å². The van der Waals surface area contributed by atoms with E-state index in [1.807, 2.05) is 12.1 Å². The van der Waals surface area contributed by atoms with Gasteiger partial charge in [0.1, 0.15) is 18.0 Å². The standard InChI is InChI=1S/C17H18FN5O/c18-14-4-1-3-13(9-14)10-24-11-15-5-2-8-22(15)16-6-7-19-17-20-12-21-23(16)17/h1,3-4,6-7,9,12,15H,2,5,8,10-11H2. The highest BCUT2D eigenvalue weighted by atomic mass is 19.1. The van der Waals surface area contributed by atoms with Crippen molar-refractivity contribution in [3.8, 4) is 0 Å². The summed E-state index contributed by atoms with van der Waals surface area (Å²) in [5.74, 6) is 1.34. The molecular weight excluding hydrogens is 309 g/mol. The Hall–Kier alpha value is -2.54. The fraction of sp³-hybridized carbons (Fsp3) is 0.353. The van der Waals surface area contributed by atoms with Crippen molar-refractivity contribution in [1.82, 2.24) is 19.6 Å². The first-order valence-electron chi connectivity index (χ1n) is 8.05. The third-order valence-corrected chi connectivity index (χ3v) is 4.30. The van der Waals surface area contributed by atoms with E-state index in [2.05, 4.69) is 20.0 Å². The van der Waals surface area contributed by atoms with Gasteiger partial charge in [0.15, 0.2) is 0 Å². The molecule has 6 nitrogen and oxygen atoms in total. The van der Waals surface area contributed by atoms with Crippen molar-refractivity contribution in [3.63, 3.8) is 0 Å². The van der Waals surface area contributed by atoms with Crippen LogP contribution in [0, 0.1) is 5.82 Å². The fourth-order valence-electron chi connectivity index (χ4n) is 3.19. The number of benzene rings is 1. The lowest BCUT2D eigenvalue weighted by Crippen LogP contribution is -2.34. The van der Waals surface area contributed by atoms with Crippen LogP contribution in [0.2, 0.25) is 0 Å². The maximum absolute atomic E-state index is 13.2. The molecule has 24 heavy (non-hydrogen) atoms. The summed E-state index contributed by atoms with van der Waals surface area (Å²) in [6, 6.07) is 8.75. The molecule has 1 unspecified atom stereocenters. The minimum Gasteiger partial charge on any atom is -0.375 e. The summed E-state index contributed by atoms with van der Waals surface area (Å²) in [5, 5.41) is 4.25. The van der Waals surface area contributed by atoms with Gasteiger partial charge in [-0.2, -0.15) is 14.6 Å². The Morgan fingerprint density at radius 3 is 3.12 bits per heavy atom. The van der Waals surface area contributed by atoms with Crippen molar-refractivity contribution in [2.24, 2.45) is 0 Å². The Kier molecular flexibility index (Phi) is 4.08. The van der Waals surface area contributed by atoms with E-state index in [0.717, 1.165) is 30.8 Å². The molecule has 3 aromatic rings. The largest absolute Gasteiger partial charge is 0.375 e. The lowest BCUT2D eigenvalue weighted by atomic mass is 10.2. The predicted molar refractivity (Wildman–Crippen MR) is 87.2 cm³/mol. The lowest BCUT2D eigenvalue weighted by Gasteiger charge is -2.26. The van der Waals surface area contributed by atoms with Gasteiger partial charge in [-0.1, -0.05) is 12.1 Å². The molecular formula is C17H18FN5O. The Labute approximate surface area is 138 Å². The average molecular weight is 327 g/mol. The van der Waals surface area contributed by atoms with Crippen molar-refractivity contribution in [1.29, 1.82) is 0 Å². The normalized spacial score (nSPS) is 17.7. The number of ether oxygens (including phenoxy) is 1. The van der Waals surface area contributed by atoms with Crippen LogP contribution in [0.25, 0.3) is 5.78 Å². The maximum Gasteiger partial charge on any atom is 0.254 e. The highest BCUT2D eigenvalue weighted by molar-refractivity contribution is 5.46. The number of nitrogens with zero attached hydrogens (tertiary/aromatic N) is 5. The van der Waals surface area contributed by atoms with Gasteiger partial charge >= 0.3 is 0 Å². The van der Waals surface area contributed by atoms with E-state index in [-0.39, 0.29) is 11.9 Å². The lowest BCUT2D eigenvalue weighted by molar-refractivity contribution is 0.108. The average Bonchev–Trinajstić information content (AvgIpc) is 3.23. The molecule has 1 aliphatic heterocycles. The van der Waals surface area contributed by atoms with Crippen LogP contribution in [0.15, 0.2) is 42.9 Å². The van der Waals surface area contributed by atoms with Crippen molar-refractivity contribution < 1.29 is 9.13 Å². The van der Waals surface area contributed by atoms with Crippen molar-refractivity contribution in [2.45, 2.75) is 25.5 Å². The molecule has 1 aliphatic rings. The number of fused-ring (bicyclic) bond motifs is 1. The molecule has 124 valence electrons. The van der Waals surface area contributed by atoms with Gasteiger partial charge in [0.25, 0.3) is 5.78 Å². The Balaban J connectivity index is 1.44. The van der Waals surface area contributed by atoms with E-state index >= 15 is 0 Å². The molecule has 1 aromatic carbocycles. The number of hydrogen-bond donors (Lipinski definition) is 0. The monoisotopic (exact) mass is 327 g/mol. The second kappa shape index (κ2) is 6.52. The quantitative estimate of drug-likeness (QED) is 0.720. The smallest absolute Gasteiger partial charge is 0.254 e. The van der Waals surface area contributed by atoms with E-state index in [1.54, 1.807) is 16.8 Å². The van der Waals surface area contributed by atoms with Crippen molar-refractivity contribution in [3.05, 3.63) is 54.2 Å². The van der Waals surface area contributed by atoms with E-state index in [1.165, 1.54) is 18.5 Å². The molecule has 0 N–H and O–H groups in total. The topological polar surface area (TPSA) is 55.5 Å². The molecule has 1 saturated heterocycles. The summed E-state index contributed by atoms with van der Waals surface area (Å²) >= 11 is 0. The molecule has 0 spiro atoms. The van der Waals surface area contributed by atoms with Crippen LogP contribution in [0.4, 0.5) is 10.2 Å². The van der Waals surface area contributed by atoms with Gasteiger partial charge in [-0.15, -0.1) is 0 Å². The van der Waals surface area contributed by atoms with Crippen LogP contribution in [0.1, 0.15) is 18.4 Å². The number of rotatable bonds is 5. The van der Waals surface area contributed by atoms with Gasteiger partial charge in [0.2, 0.25) is 0 Å². The first-order chi connectivity index (χ1) is 11.8. The summed E-state index contributed by atoms with van der Waals surface area (Å²) in [7, 11) is 0. The van der Waals surface area contributed by atoms with Gasteiger partial charge < -0.3 is 9.64 Å². The summed E-state index contributed by atoms with van der Waals surface area (Å²) in [6.45, 7) is 1.96. The second-order valence-corrected chi connectivity index (χ2v) is 5.91. The molecule has 1 atom stereocenters. The van der Waals surface area contributed by atoms with Gasteiger partial charge in [-0.3, -0.25) is 0 Å². The zero-order valence-electron chi connectivity index (χ0n) is 13.2. The van der Waals surface area contributed by atoms with E-state index in [9.17, 15) is 4.39 Å². The highest BCUT2D eigenvalue weighted by Gasteiger charge is 2.27. The summed E-state index contributed by atoms with van der Waals surface area (Å²) in [6.07, 6.45) is 5.42. The van der Waals surface area contributed by atoms with Crippen molar-refractivity contribution in [2.75, 3.05) is 18.1 Å². The third-order valence-electron chi connectivity index (χ3n) is 4.30. The van der Waals surface area contributed by atoms with Crippen LogP contribution in [-0.2, 0) is 11.3 Å². The minimum absolute atomic E-state index is 0.232. The number of aromatic nitrogens is 4. The predicted octanol–water partition coefficient (Wildman–Crippen LogP) is 2.45. The first kappa shape index (κ1) is 15.0. The number of halogens is 1. The Morgan fingerprint density at radius 1 is 1.25 bits per heavy atom. The molecule has 3 heterocycles. The number of anilines is 1. The van der Waals surface area contributed by atoms with Crippen LogP contribution in [0.5, 0.6) is 0 Å². The first-order valence-corrected chi connectivity index (χ1v) is 8.05. The molecule has 2 aromatic heterocycles. The molecule has 7 heteroatoms. The SMILES string of the molecule is Fc1cccc(COCC2CCCN2c2ccnc3ncnn23)c1. The summed E-state index contributed by atoms with van der Waals surface area (Å²) in [5.41, 5.74) is 0.849. The zero-order chi connectivity index (χ0) is 16.4. The van der Waals surface area contributed by atoms with Crippen LogP contribution in [0.3, 0.4) is 0 Å². The van der Waals surface area contributed by atoms with Gasteiger partial charge in [-0.25, -0.2) is 9.37 Å². The molecule has 0 radical (unpaired) electrons. The Bertz CT molecular complexity index is 836. The second-order valence-electron chi connectivity index (χ2n) is 5.91. The van der Waals surface area contributed by atoms with E-state index in [4.69, 9.17) is 4.74 Å². The summed E-state index contributed by atoms with van der Waals surface area (Å²) in [4.78, 5) is 10.6. The molecule has 0 amide bonds. The molecule has 0 saturated carbocycles. The van der Waals surface area contributed by atoms with Gasteiger partial charge in [0, 0.05) is 12.7 Å². The molecule has 0 bridgehead atoms.